The third kappa shape index (κ3) is 6.42. The van der Waals surface area contributed by atoms with E-state index in [2.05, 4.69) is 30.9 Å². The smallest absolute Gasteiger partial charge is 0.308 e. The number of halogens is 2. The number of benzene rings is 1. The summed E-state index contributed by atoms with van der Waals surface area (Å²) in [6.07, 6.45) is 0. The highest BCUT2D eigenvalue weighted by molar-refractivity contribution is 7.09. The van der Waals surface area contributed by atoms with Crippen LogP contribution in [0.3, 0.4) is 0 Å². The first-order chi connectivity index (χ1) is 13.9. The van der Waals surface area contributed by atoms with E-state index in [0.29, 0.717) is 28.2 Å². The van der Waals surface area contributed by atoms with Gasteiger partial charge in [-0.2, -0.15) is 0 Å². The largest absolute Gasteiger partial charge is 0.326 e. The first kappa shape index (κ1) is 21.0. The SMILES string of the molecule is Cc1cc(C)nc(NC(=NCc2cccs2)NC(=O)Nc2ccc(Cl)c(Cl)c2)n1. The molecular formula is C19H18Cl2N6OS. The summed E-state index contributed by atoms with van der Waals surface area (Å²) in [5.41, 5.74) is 2.10. The van der Waals surface area contributed by atoms with Crippen molar-refractivity contribution in [1.29, 1.82) is 0 Å². The predicted octanol–water partition coefficient (Wildman–Crippen LogP) is 5.25. The van der Waals surface area contributed by atoms with Gasteiger partial charge >= 0.3 is 6.03 Å². The Hall–Kier alpha value is -2.68. The van der Waals surface area contributed by atoms with E-state index in [4.69, 9.17) is 23.2 Å². The van der Waals surface area contributed by atoms with Gasteiger partial charge in [0.25, 0.3) is 0 Å². The summed E-state index contributed by atoms with van der Waals surface area (Å²) in [4.78, 5) is 26.6. The zero-order valence-electron chi connectivity index (χ0n) is 15.7. The molecule has 0 saturated carbocycles. The first-order valence-corrected chi connectivity index (χ1v) is 10.2. The number of urea groups is 1. The van der Waals surface area contributed by atoms with Crippen LogP contribution in [-0.4, -0.2) is 22.0 Å². The maximum absolute atomic E-state index is 12.4. The molecule has 1 aromatic carbocycles. The lowest BCUT2D eigenvalue weighted by Gasteiger charge is -2.12. The van der Waals surface area contributed by atoms with Crippen LogP contribution < -0.4 is 16.0 Å². The van der Waals surface area contributed by atoms with Gasteiger partial charge in [-0.15, -0.1) is 11.3 Å². The van der Waals surface area contributed by atoms with Crippen LogP contribution in [0.2, 0.25) is 10.0 Å². The van der Waals surface area contributed by atoms with Crippen molar-refractivity contribution in [2.24, 2.45) is 4.99 Å². The van der Waals surface area contributed by atoms with E-state index in [1.165, 1.54) is 0 Å². The van der Waals surface area contributed by atoms with Crippen LogP contribution in [0.1, 0.15) is 16.3 Å². The van der Waals surface area contributed by atoms with Crippen molar-refractivity contribution in [3.8, 4) is 0 Å². The quantitative estimate of drug-likeness (QED) is 0.375. The van der Waals surface area contributed by atoms with Crippen LogP contribution in [0.15, 0.2) is 46.8 Å². The van der Waals surface area contributed by atoms with E-state index < -0.39 is 6.03 Å². The number of aliphatic imine (C=N–C) groups is 1. The third-order valence-electron chi connectivity index (χ3n) is 3.60. The maximum atomic E-state index is 12.4. The molecule has 0 fully saturated rings. The van der Waals surface area contributed by atoms with Gasteiger partial charge in [0.1, 0.15) is 0 Å². The minimum Gasteiger partial charge on any atom is -0.308 e. The highest BCUT2D eigenvalue weighted by Gasteiger charge is 2.10. The number of aryl methyl sites for hydroxylation is 2. The minimum absolute atomic E-state index is 0.223. The van der Waals surface area contributed by atoms with E-state index >= 15 is 0 Å². The molecule has 0 aliphatic heterocycles. The molecule has 0 bridgehead atoms. The number of guanidine groups is 1. The van der Waals surface area contributed by atoms with Crippen molar-refractivity contribution >= 4 is 58.2 Å². The summed E-state index contributed by atoms with van der Waals surface area (Å²) in [5, 5.41) is 11.1. The van der Waals surface area contributed by atoms with Crippen molar-refractivity contribution in [1.82, 2.24) is 15.3 Å². The van der Waals surface area contributed by atoms with Crippen LogP contribution >= 0.6 is 34.5 Å². The highest BCUT2D eigenvalue weighted by Crippen LogP contribution is 2.24. The number of hydrogen-bond donors (Lipinski definition) is 3. The van der Waals surface area contributed by atoms with E-state index in [1.54, 1.807) is 29.5 Å². The number of rotatable bonds is 4. The molecule has 150 valence electrons. The Balaban J connectivity index is 1.75. The second-order valence-corrected chi connectivity index (χ2v) is 7.90. The standard InChI is InChI=1S/C19H18Cl2N6OS/c1-11-8-12(2)24-18(23-11)26-17(22-10-14-4-3-7-29-14)27-19(28)25-13-5-6-15(20)16(21)9-13/h3-9H,10H2,1-2H3,(H3,22,23,24,25,26,27,28). The molecule has 7 nitrogen and oxygen atoms in total. The number of anilines is 2. The average Bonchev–Trinajstić information content (AvgIpc) is 3.15. The summed E-state index contributed by atoms with van der Waals surface area (Å²) in [6.45, 7) is 4.14. The minimum atomic E-state index is -0.495. The molecule has 0 saturated heterocycles. The van der Waals surface area contributed by atoms with Gasteiger partial charge in [-0.1, -0.05) is 29.3 Å². The number of carbonyl (C=O) groups excluding carboxylic acids is 1. The van der Waals surface area contributed by atoms with Crippen LogP contribution in [-0.2, 0) is 6.54 Å². The topological polar surface area (TPSA) is 91.3 Å². The Kier molecular flexibility index (Phi) is 7.03. The number of nitrogens with one attached hydrogen (secondary N) is 3. The van der Waals surface area contributed by atoms with Gasteiger partial charge in [0.05, 0.1) is 16.6 Å². The van der Waals surface area contributed by atoms with Crippen molar-refractivity contribution in [3.63, 3.8) is 0 Å². The fourth-order valence-corrected chi connectivity index (χ4v) is 3.33. The molecule has 3 aromatic rings. The maximum Gasteiger partial charge on any atom is 0.326 e. The highest BCUT2D eigenvalue weighted by atomic mass is 35.5. The molecule has 3 rings (SSSR count). The molecule has 0 unspecified atom stereocenters. The molecule has 0 radical (unpaired) electrons. The van der Waals surface area contributed by atoms with Crippen molar-refractivity contribution < 1.29 is 4.79 Å². The molecule has 29 heavy (non-hydrogen) atoms. The van der Waals surface area contributed by atoms with Gasteiger partial charge in [0.2, 0.25) is 11.9 Å². The summed E-state index contributed by atoms with van der Waals surface area (Å²) >= 11 is 13.5. The molecule has 2 heterocycles. The molecule has 0 spiro atoms. The van der Waals surface area contributed by atoms with Gasteiger partial charge < -0.3 is 5.32 Å². The van der Waals surface area contributed by atoms with Crippen molar-refractivity contribution in [2.45, 2.75) is 20.4 Å². The van der Waals surface area contributed by atoms with Gasteiger partial charge in [-0.3, -0.25) is 10.6 Å². The Morgan fingerprint density at radius 2 is 1.83 bits per heavy atom. The van der Waals surface area contributed by atoms with Gasteiger partial charge in [-0.05, 0) is 49.6 Å². The monoisotopic (exact) mass is 448 g/mol. The second kappa shape index (κ2) is 9.69. The normalized spacial score (nSPS) is 11.2. The Labute approximate surface area is 182 Å². The van der Waals surface area contributed by atoms with Gasteiger partial charge in [0.15, 0.2) is 0 Å². The van der Waals surface area contributed by atoms with Gasteiger partial charge in [0, 0.05) is 22.0 Å². The van der Waals surface area contributed by atoms with E-state index in [9.17, 15) is 4.79 Å². The molecule has 2 aromatic heterocycles. The Morgan fingerprint density at radius 1 is 1.07 bits per heavy atom. The first-order valence-electron chi connectivity index (χ1n) is 8.58. The third-order valence-corrected chi connectivity index (χ3v) is 5.20. The number of aromatic nitrogens is 2. The molecule has 0 atom stereocenters. The van der Waals surface area contributed by atoms with E-state index in [0.717, 1.165) is 16.3 Å². The lowest BCUT2D eigenvalue weighted by Crippen LogP contribution is -2.39. The Bertz CT molecular complexity index is 1020. The van der Waals surface area contributed by atoms with E-state index in [1.807, 2.05) is 37.4 Å². The van der Waals surface area contributed by atoms with Crippen LogP contribution in [0, 0.1) is 13.8 Å². The van der Waals surface area contributed by atoms with Crippen LogP contribution in [0.5, 0.6) is 0 Å². The lowest BCUT2D eigenvalue weighted by molar-refractivity contribution is 0.256. The van der Waals surface area contributed by atoms with Crippen LogP contribution in [0.25, 0.3) is 0 Å². The molecule has 0 aliphatic rings. The Morgan fingerprint density at radius 3 is 2.48 bits per heavy atom. The summed E-state index contributed by atoms with van der Waals surface area (Å²) < 4.78 is 0. The number of nitrogens with zero attached hydrogens (tertiary/aromatic N) is 3. The fourth-order valence-electron chi connectivity index (χ4n) is 2.40. The zero-order valence-corrected chi connectivity index (χ0v) is 18.0. The lowest BCUT2D eigenvalue weighted by atomic mass is 10.3. The summed E-state index contributed by atoms with van der Waals surface area (Å²) in [7, 11) is 0. The predicted molar refractivity (Wildman–Crippen MR) is 119 cm³/mol. The van der Waals surface area contributed by atoms with Gasteiger partial charge in [-0.25, -0.2) is 19.8 Å². The summed E-state index contributed by atoms with van der Waals surface area (Å²) in [5.74, 6) is 0.572. The number of carbonyl (C=O) groups is 1. The fraction of sp³-hybridized carbons (Fsp3) is 0.158. The number of amides is 2. The molecule has 10 heteroatoms. The summed E-state index contributed by atoms with van der Waals surface area (Å²) in [6, 6.07) is 10.1. The van der Waals surface area contributed by atoms with Crippen molar-refractivity contribution in [3.05, 3.63) is 68.1 Å². The van der Waals surface area contributed by atoms with E-state index in [-0.39, 0.29) is 5.96 Å². The molecular weight excluding hydrogens is 431 g/mol. The average molecular weight is 449 g/mol. The molecule has 3 N–H and O–H groups in total. The second-order valence-electron chi connectivity index (χ2n) is 6.05. The van der Waals surface area contributed by atoms with Crippen LogP contribution in [0.4, 0.5) is 16.4 Å². The molecule has 2 amide bonds. The number of hydrogen-bond acceptors (Lipinski definition) is 5. The van der Waals surface area contributed by atoms with Crippen molar-refractivity contribution in [2.75, 3.05) is 10.6 Å². The molecule has 0 aliphatic carbocycles. The number of thiophene rings is 1. The zero-order chi connectivity index (χ0) is 20.8.